The van der Waals surface area contributed by atoms with Gasteiger partial charge in [0.2, 0.25) is 0 Å². The first-order chi connectivity index (χ1) is 9.09. The number of hydrogen-bond acceptors (Lipinski definition) is 3. The highest BCUT2D eigenvalue weighted by atomic mass is 16.4. The van der Waals surface area contributed by atoms with Gasteiger partial charge < -0.3 is 10.0 Å². The van der Waals surface area contributed by atoms with E-state index in [1.54, 1.807) is 4.90 Å². The van der Waals surface area contributed by atoms with Gasteiger partial charge in [-0.3, -0.25) is 4.79 Å². The molecule has 1 aromatic heterocycles. The second-order valence-electron chi connectivity index (χ2n) is 4.95. The predicted octanol–water partition coefficient (Wildman–Crippen LogP) is 2.18. The maximum absolute atomic E-state index is 12.3. The molecule has 5 heteroatoms. The molecule has 1 aliphatic carbocycles. The van der Waals surface area contributed by atoms with Crippen molar-refractivity contribution in [2.75, 3.05) is 7.05 Å². The molecule has 0 aliphatic heterocycles. The van der Waals surface area contributed by atoms with Crippen molar-refractivity contribution in [1.82, 2.24) is 9.88 Å². The van der Waals surface area contributed by atoms with Crippen LogP contribution in [0, 0.1) is 0 Å². The van der Waals surface area contributed by atoms with Crippen LogP contribution in [-0.2, 0) is 0 Å². The summed E-state index contributed by atoms with van der Waals surface area (Å²) in [6.45, 7) is 0. The number of rotatable bonds is 3. The zero-order chi connectivity index (χ0) is 13.8. The van der Waals surface area contributed by atoms with E-state index in [0.717, 1.165) is 12.8 Å². The normalized spacial score (nSPS) is 16.1. The minimum absolute atomic E-state index is 0.0446. The molecule has 1 aliphatic rings. The molecule has 0 atom stereocenters. The molecule has 0 unspecified atom stereocenters. The van der Waals surface area contributed by atoms with Gasteiger partial charge in [0.1, 0.15) is 5.69 Å². The highest BCUT2D eigenvalue weighted by molar-refractivity contribution is 5.94. The third-order valence-corrected chi connectivity index (χ3v) is 3.67. The van der Waals surface area contributed by atoms with Crippen LogP contribution in [0.3, 0.4) is 0 Å². The number of aromatic carboxylic acids is 1. The molecule has 0 spiro atoms. The second kappa shape index (κ2) is 5.82. The average molecular weight is 262 g/mol. The lowest BCUT2D eigenvalue weighted by atomic mass is 9.94. The average Bonchev–Trinajstić information content (AvgIpc) is 2.46. The molecule has 0 bridgehead atoms. The quantitative estimate of drug-likeness (QED) is 0.906. The first-order valence-corrected chi connectivity index (χ1v) is 6.56. The number of hydrogen-bond donors (Lipinski definition) is 1. The third kappa shape index (κ3) is 3.10. The molecule has 1 saturated carbocycles. The summed E-state index contributed by atoms with van der Waals surface area (Å²) in [5.41, 5.74) is 0.398. The zero-order valence-corrected chi connectivity index (χ0v) is 11.0. The summed E-state index contributed by atoms with van der Waals surface area (Å²) in [6, 6.07) is 3.18. The Labute approximate surface area is 112 Å². The molecule has 1 N–H and O–H groups in total. The van der Waals surface area contributed by atoms with Gasteiger partial charge in [-0.25, -0.2) is 9.78 Å². The number of carboxylic acids is 1. The molecule has 1 heterocycles. The van der Waals surface area contributed by atoms with E-state index in [1.165, 1.54) is 37.6 Å². The standard InChI is InChI=1S/C14H18N2O3/c1-16(11-5-3-2-4-6-11)13(17)10-7-8-12(14(18)19)15-9-10/h7-9,11H,2-6H2,1H3,(H,18,19). The van der Waals surface area contributed by atoms with Crippen molar-refractivity contribution in [2.24, 2.45) is 0 Å². The van der Waals surface area contributed by atoms with Crippen molar-refractivity contribution in [3.8, 4) is 0 Å². The minimum Gasteiger partial charge on any atom is -0.477 e. The van der Waals surface area contributed by atoms with E-state index in [-0.39, 0.29) is 11.6 Å². The van der Waals surface area contributed by atoms with Crippen molar-refractivity contribution >= 4 is 11.9 Å². The Morgan fingerprint density at radius 2 is 1.95 bits per heavy atom. The van der Waals surface area contributed by atoms with Crippen molar-refractivity contribution in [3.05, 3.63) is 29.6 Å². The molecule has 0 radical (unpaired) electrons. The second-order valence-corrected chi connectivity index (χ2v) is 4.95. The molecule has 2 rings (SSSR count). The molecule has 19 heavy (non-hydrogen) atoms. The Morgan fingerprint density at radius 1 is 1.26 bits per heavy atom. The summed E-state index contributed by atoms with van der Waals surface area (Å²) in [5.74, 6) is -1.17. The van der Waals surface area contributed by atoms with Gasteiger partial charge in [-0.05, 0) is 25.0 Å². The maximum Gasteiger partial charge on any atom is 0.354 e. The first-order valence-electron chi connectivity index (χ1n) is 6.56. The highest BCUT2D eigenvalue weighted by Gasteiger charge is 2.23. The summed E-state index contributed by atoms with van der Waals surface area (Å²) in [5, 5.41) is 8.77. The fourth-order valence-electron chi connectivity index (χ4n) is 2.48. The van der Waals surface area contributed by atoms with Crippen molar-refractivity contribution in [3.63, 3.8) is 0 Å². The van der Waals surface area contributed by atoms with Crippen LogP contribution in [0.1, 0.15) is 53.0 Å². The van der Waals surface area contributed by atoms with E-state index in [4.69, 9.17) is 5.11 Å². The molecule has 1 amide bonds. The Balaban J connectivity index is 2.07. The Bertz CT molecular complexity index is 464. The van der Waals surface area contributed by atoms with Gasteiger partial charge >= 0.3 is 5.97 Å². The SMILES string of the molecule is CN(C(=O)c1ccc(C(=O)O)nc1)C1CCCCC1. The number of carboxylic acid groups (broad SMARTS) is 1. The van der Waals surface area contributed by atoms with Gasteiger partial charge in [0, 0.05) is 19.3 Å². The van der Waals surface area contributed by atoms with Gasteiger partial charge in [-0.1, -0.05) is 19.3 Å². The third-order valence-electron chi connectivity index (χ3n) is 3.67. The van der Waals surface area contributed by atoms with E-state index in [0.29, 0.717) is 11.6 Å². The molecular formula is C14H18N2O3. The molecule has 0 saturated heterocycles. The van der Waals surface area contributed by atoms with Crippen molar-refractivity contribution < 1.29 is 14.7 Å². The Hall–Kier alpha value is -1.91. The first kappa shape index (κ1) is 13.5. The summed E-state index contributed by atoms with van der Waals surface area (Å²) in [4.78, 5) is 28.5. The van der Waals surface area contributed by atoms with Crippen LogP contribution in [0.4, 0.5) is 0 Å². The summed E-state index contributed by atoms with van der Waals surface area (Å²) in [7, 11) is 1.81. The van der Waals surface area contributed by atoms with Crippen LogP contribution in [-0.4, -0.2) is 40.0 Å². The highest BCUT2D eigenvalue weighted by Crippen LogP contribution is 2.22. The van der Waals surface area contributed by atoms with Crippen LogP contribution >= 0.6 is 0 Å². The van der Waals surface area contributed by atoms with E-state index < -0.39 is 5.97 Å². The van der Waals surface area contributed by atoms with Crippen LogP contribution in [0.15, 0.2) is 18.3 Å². The van der Waals surface area contributed by atoms with Crippen molar-refractivity contribution in [1.29, 1.82) is 0 Å². The molecule has 1 aromatic rings. The van der Waals surface area contributed by atoms with Gasteiger partial charge in [-0.15, -0.1) is 0 Å². The maximum atomic E-state index is 12.3. The molecule has 102 valence electrons. The van der Waals surface area contributed by atoms with Crippen LogP contribution < -0.4 is 0 Å². The van der Waals surface area contributed by atoms with Gasteiger partial charge in [-0.2, -0.15) is 0 Å². The molecule has 0 aromatic carbocycles. The van der Waals surface area contributed by atoms with E-state index in [1.807, 2.05) is 7.05 Å². The fraction of sp³-hybridized carbons (Fsp3) is 0.500. The zero-order valence-electron chi connectivity index (χ0n) is 11.0. The predicted molar refractivity (Wildman–Crippen MR) is 70.2 cm³/mol. The lowest BCUT2D eigenvalue weighted by Crippen LogP contribution is -2.38. The van der Waals surface area contributed by atoms with E-state index in [2.05, 4.69) is 4.98 Å². The van der Waals surface area contributed by atoms with Crippen LogP contribution in [0.25, 0.3) is 0 Å². The van der Waals surface area contributed by atoms with Crippen LogP contribution in [0.2, 0.25) is 0 Å². The number of aromatic nitrogens is 1. The molecular weight excluding hydrogens is 244 g/mol. The summed E-state index contributed by atoms with van der Waals surface area (Å²) < 4.78 is 0. The number of amides is 1. The monoisotopic (exact) mass is 262 g/mol. The lowest BCUT2D eigenvalue weighted by Gasteiger charge is -2.31. The number of carbonyl (C=O) groups excluding carboxylic acids is 1. The fourth-order valence-corrected chi connectivity index (χ4v) is 2.48. The topological polar surface area (TPSA) is 70.5 Å². The number of carbonyl (C=O) groups is 2. The lowest BCUT2D eigenvalue weighted by molar-refractivity contribution is 0.0677. The van der Waals surface area contributed by atoms with Crippen molar-refractivity contribution in [2.45, 2.75) is 38.1 Å². The van der Waals surface area contributed by atoms with Gasteiger partial charge in [0.15, 0.2) is 0 Å². The largest absolute Gasteiger partial charge is 0.477 e. The van der Waals surface area contributed by atoms with E-state index in [9.17, 15) is 9.59 Å². The molecule has 1 fully saturated rings. The summed E-state index contributed by atoms with van der Waals surface area (Å²) in [6.07, 6.45) is 7.00. The van der Waals surface area contributed by atoms with Gasteiger partial charge in [0.25, 0.3) is 5.91 Å². The molecule has 5 nitrogen and oxygen atoms in total. The van der Waals surface area contributed by atoms with Gasteiger partial charge in [0.05, 0.1) is 5.56 Å². The Morgan fingerprint density at radius 3 is 2.47 bits per heavy atom. The summed E-state index contributed by atoms with van der Waals surface area (Å²) >= 11 is 0. The number of pyridine rings is 1. The Kier molecular flexibility index (Phi) is 4.14. The van der Waals surface area contributed by atoms with E-state index >= 15 is 0 Å². The minimum atomic E-state index is -1.08. The number of nitrogens with zero attached hydrogens (tertiary/aromatic N) is 2. The van der Waals surface area contributed by atoms with Crippen LogP contribution in [0.5, 0.6) is 0 Å². The smallest absolute Gasteiger partial charge is 0.354 e.